The summed E-state index contributed by atoms with van der Waals surface area (Å²) in [6, 6.07) is 9.12. The van der Waals surface area contributed by atoms with E-state index in [1.807, 2.05) is 30.3 Å². The molecule has 4 heteroatoms. The summed E-state index contributed by atoms with van der Waals surface area (Å²) in [5.41, 5.74) is 0.844. The smallest absolute Gasteiger partial charge is 0.306 e. The maximum Gasteiger partial charge on any atom is 0.306 e. The average molecular weight is 242 g/mol. The molecule has 0 aliphatic carbocycles. The summed E-state index contributed by atoms with van der Waals surface area (Å²) < 4.78 is 30.6. The van der Waals surface area contributed by atoms with Gasteiger partial charge in [-0.3, -0.25) is 4.79 Å². The normalized spacial score (nSPS) is 13.2. The van der Waals surface area contributed by atoms with Crippen LogP contribution in [-0.2, 0) is 16.1 Å². The minimum atomic E-state index is -2.86. The van der Waals surface area contributed by atoms with Gasteiger partial charge in [-0.05, 0) is 12.5 Å². The van der Waals surface area contributed by atoms with Crippen LogP contribution in [0.3, 0.4) is 0 Å². The van der Waals surface area contributed by atoms with E-state index >= 15 is 0 Å². The Morgan fingerprint density at radius 3 is 2.47 bits per heavy atom. The summed E-state index contributed by atoms with van der Waals surface area (Å²) in [6.07, 6.45) is -0.268. The molecule has 0 saturated heterocycles. The van der Waals surface area contributed by atoms with Gasteiger partial charge in [0.05, 0.1) is 6.42 Å². The van der Waals surface area contributed by atoms with Crippen LogP contribution in [0.15, 0.2) is 30.3 Å². The molecule has 0 fully saturated rings. The SMILES string of the molecule is CC(CC(=O)OCc1ccccc1)C(C)(F)F. The monoisotopic (exact) mass is 242 g/mol. The quantitative estimate of drug-likeness (QED) is 0.739. The number of hydrogen-bond donors (Lipinski definition) is 0. The number of carbonyl (C=O) groups is 1. The third-order valence-electron chi connectivity index (χ3n) is 2.58. The van der Waals surface area contributed by atoms with Gasteiger partial charge in [-0.25, -0.2) is 8.78 Å². The predicted octanol–water partition coefficient (Wildman–Crippen LogP) is 3.41. The van der Waals surface area contributed by atoms with E-state index in [9.17, 15) is 13.6 Å². The van der Waals surface area contributed by atoms with Crippen LogP contribution in [0.2, 0.25) is 0 Å². The Bertz CT molecular complexity index is 357. The molecule has 0 saturated carbocycles. The Balaban J connectivity index is 2.36. The van der Waals surface area contributed by atoms with Crippen LogP contribution in [0.4, 0.5) is 8.78 Å². The first kappa shape index (κ1) is 13.6. The van der Waals surface area contributed by atoms with Crippen molar-refractivity contribution < 1.29 is 18.3 Å². The van der Waals surface area contributed by atoms with Crippen LogP contribution in [-0.4, -0.2) is 11.9 Å². The summed E-state index contributed by atoms with van der Waals surface area (Å²) >= 11 is 0. The molecule has 0 aromatic heterocycles. The van der Waals surface area contributed by atoms with Crippen LogP contribution in [0, 0.1) is 5.92 Å². The largest absolute Gasteiger partial charge is 0.461 e. The number of benzene rings is 1. The van der Waals surface area contributed by atoms with Crippen molar-refractivity contribution in [3.8, 4) is 0 Å². The van der Waals surface area contributed by atoms with Gasteiger partial charge in [0.2, 0.25) is 5.92 Å². The zero-order valence-electron chi connectivity index (χ0n) is 9.95. The number of carbonyl (C=O) groups excluding carboxylic acids is 1. The highest BCUT2D eigenvalue weighted by Gasteiger charge is 2.32. The third-order valence-corrected chi connectivity index (χ3v) is 2.58. The van der Waals surface area contributed by atoms with Crippen LogP contribution < -0.4 is 0 Å². The second kappa shape index (κ2) is 5.75. The van der Waals surface area contributed by atoms with Crippen molar-refractivity contribution in [1.82, 2.24) is 0 Å². The lowest BCUT2D eigenvalue weighted by Crippen LogP contribution is -2.24. The standard InChI is InChI=1S/C13H16F2O2/c1-10(13(2,14)15)8-12(16)17-9-11-6-4-3-5-7-11/h3-7,10H,8-9H2,1-2H3. The predicted molar refractivity (Wildman–Crippen MR) is 60.6 cm³/mol. The van der Waals surface area contributed by atoms with E-state index in [0.717, 1.165) is 12.5 Å². The molecule has 1 rings (SSSR count). The molecule has 1 aromatic rings. The Morgan fingerprint density at radius 2 is 1.94 bits per heavy atom. The molecule has 1 unspecified atom stereocenters. The first-order valence-electron chi connectivity index (χ1n) is 5.47. The molecule has 0 aliphatic heterocycles. The van der Waals surface area contributed by atoms with Crippen molar-refractivity contribution in [1.29, 1.82) is 0 Å². The van der Waals surface area contributed by atoms with Gasteiger partial charge < -0.3 is 4.74 Å². The lowest BCUT2D eigenvalue weighted by atomic mass is 10.0. The molecule has 0 N–H and O–H groups in total. The topological polar surface area (TPSA) is 26.3 Å². The second-order valence-corrected chi connectivity index (χ2v) is 4.21. The minimum absolute atomic E-state index is 0.127. The summed E-state index contributed by atoms with van der Waals surface area (Å²) in [5, 5.41) is 0. The summed E-state index contributed by atoms with van der Waals surface area (Å²) in [7, 11) is 0. The first-order chi connectivity index (χ1) is 7.89. The maximum absolute atomic E-state index is 12.8. The van der Waals surface area contributed by atoms with Gasteiger partial charge in [0.25, 0.3) is 0 Å². The van der Waals surface area contributed by atoms with E-state index in [4.69, 9.17) is 4.74 Å². The fraction of sp³-hybridized carbons (Fsp3) is 0.462. The van der Waals surface area contributed by atoms with Gasteiger partial charge in [-0.1, -0.05) is 37.3 Å². The first-order valence-corrected chi connectivity index (χ1v) is 5.47. The number of halogens is 2. The van der Waals surface area contributed by atoms with E-state index in [-0.39, 0.29) is 13.0 Å². The molecular weight excluding hydrogens is 226 g/mol. The minimum Gasteiger partial charge on any atom is -0.461 e. The number of esters is 1. The average Bonchev–Trinajstić information content (AvgIpc) is 2.26. The van der Waals surface area contributed by atoms with Crippen LogP contribution in [0.1, 0.15) is 25.8 Å². The Hall–Kier alpha value is -1.45. The van der Waals surface area contributed by atoms with Gasteiger partial charge >= 0.3 is 5.97 Å². The number of alkyl halides is 2. The molecule has 2 nitrogen and oxygen atoms in total. The highest BCUT2D eigenvalue weighted by molar-refractivity contribution is 5.69. The van der Waals surface area contributed by atoms with Crippen LogP contribution >= 0.6 is 0 Å². The van der Waals surface area contributed by atoms with Gasteiger partial charge in [0.15, 0.2) is 0 Å². The zero-order chi connectivity index (χ0) is 12.9. The summed E-state index contributed by atoms with van der Waals surface area (Å²) in [5.74, 6) is -4.46. The second-order valence-electron chi connectivity index (χ2n) is 4.21. The molecule has 0 heterocycles. The molecule has 1 atom stereocenters. The van der Waals surface area contributed by atoms with Crippen molar-refractivity contribution in [2.24, 2.45) is 5.92 Å². The van der Waals surface area contributed by atoms with E-state index < -0.39 is 17.8 Å². The highest BCUT2D eigenvalue weighted by Crippen LogP contribution is 2.26. The molecule has 0 amide bonds. The molecule has 94 valence electrons. The fourth-order valence-electron chi connectivity index (χ4n) is 1.23. The zero-order valence-corrected chi connectivity index (χ0v) is 9.95. The highest BCUT2D eigenvalue weighted by atomic mass is 19.3. The lowest BCUT2D eigenvalue weighted by molar-refractivity contribution is -0.149. The van der Waals surface area contributed by atoms with Crippen LogP contribution in [0.5, 0.6) is 0 Å². The molecule has 17 heavy (non-hydrogen) atoms. The Morgan fingerprint density at radius 1 is 1.35 bits per heavy atom. The van der Waals surface area contributed by atoms with Crippen molar-refractivity contribution in [3.63, 3.8) is 0 Å². The van der Waals surface area contributed by atoms with Crippen molar-refractivity contribution in [2.75, 3.05) is 0 Å². The third kappa shape index (κ3) is 4.93. The van der Waals surface area contributed by atoms with E-state index in [1.165, 1.54) is 6.92 Å². The molecule has 1 aromatic carbocycles. The fourth-order valence-corrected chi connectivity index (χ4v) is 1.23. The lowest BCUT2D eigenvalue weighted by Gasteiger charge is -2.18. The van der Waals surface area contributed by atoms with E-state index in [0.29, 0.717) is 0 Å². The number of ether oxygens (including phenoxy) is 1. The van der Waals surface area contributed by atoms with Crippen LogP contribution in [0.25, 0.3) is 0 Å². The number of rotatable bonds is 5. The maximum atomic E-state index is 12.8. The molecular formula is C13H16F2O2. The van der Waals surface area contributed by atoms with Crippen molar-refractivity contribution in [3.05, 3.63) is 35.9 Å². The van der Waals surface area contributed by atoms with Crippen molar-refractivity contribution >= 4 is 5.97 Å². The van der Waals surface area contributed by atoms with Gasteiger partial charge in [0.1, 0.15) is 6.61 Å². The molecule has 0 bridgehead atoms. The van der Waals surface area contributed by atoms with Gasteiger partial charge in [-0.15, -0.1) is 0 Å². The van der Waals surface area contributed by atoms with E-state index in [1.54, 1.807) is 0 Å². The molecule has 0 aliphatic rings. The van der Waals surface area contributed by atoms with Gasteiger partial charge in [-0.2, -0.15) is 0 Å². The van der Waals surface area contributed by atoms with E-state index in [2.05, 4.69) is 0 Å². The molecule has 0 radical (unpaired) electrons. The summed E-state index contributed by atoms with van der Waals surface area (Å²) in [6.45, 7) is 2.27. The van der Waals surface area contributed by atoms with Crippen molar-refractivity contribution in [2.45, 2.75) is 32.8 Å². The summed E-state index contributed by atoms with van der Waals surface area (Å²) in [4.78, 5) is 11.3. The number of hydrogen-bond acceptors (Lipinski definition) is 2. The molecule has 0 spiro atoms. The Labute approximate surface area is 99.6 Å². The van der Waals surface area contributed by atoms with Gasteiger partial charge in [0, 0.05) is 5.92 Å². The Kier molecular flexibility index (Phi) is 4.61.